The van der Waals surface area contributed by atoms with Crippen LogP contribution >= 0.6 is 0 Å². The fourth-order valence-electron chi connectivity index (χ4n) is 3.50. The van der Waals surface area contributed by atoms with Gasteiger partial charge in [0.05, 0.1) is 6.67 Å². The van der Waals surface area contributed by atoms with Gasteiger partial charge in [-0.3, -0.25) is 9.69 Å². The summed E-state index contributed by atoms with van der Waals surface area (Å²) in [6.45, 7) is 12.3. The number of rotatable bonds is 9. The van der Waals surface area contributed by atoms with E-state index in [2.05, 4.69) is 78.8 Å². The van der Waals surface area contributed by atoms with E-state index in [4.69, 9.17) is 0 Å². The molecule has 1 aliphatic heterocycles. The zero-order valence-electron chi connectivity index (χ0n) is 16.9. The second kappa shape index (κ2) is 10.7. The van der Waals surface area contributed by atoms with E-state index < -0.39 is 0 Å². The number of hydrogen-bond acceptors (Lipinski definition) is 3. The minimum Gasteiger partial charge on any atom is -0.363 e. The lowest BCUT2D eigenvalue weighted by Crippen LogP contribution is -2.33. The molecule has 0 bridgehead atoms. The van der Waals surface area contributed by atoms with Crippen LogP contribution in [0.15, 0.2) is 78.6 Å². The predicted octanol–water partition coefficient (Wildman–Crippen LogP) is 4.74. The highest BCUT2D eigenvalue weighted by Crippen LogP contribution is 2.21. The van der Waals surface area contributed by atoms with Crippen molar-refractivity contribution in [2.24, 2.45) is 0 Å². The van der Waals surface area contributed by atoms with Crippen molar-refractivity contribution in [3.05, 3.63) is 84.1 Å². The molecule has 1 fully saturated rings. The molecule has 3 heteroatoms. The van der Waals surface area contributed by atoms with Gasteiger partial charge in [0.25, 0.3) is 0 Å². The first-order valence-electron chi connectivity index (χ1n) is 9.72. The molecule has 1 heterocycles. The van der Waals surface area contributed by atoms with E-state index in [0.29, 0.717) is 6.04 Å². The lowest BCUT2D eigenvalue weighted by Gasteiger charge is -2.23. The molecule has 27 heavy (non-hydrogen) atoms. The van der Waals surface area contributed by atoms with Gasteiger partial charge in [-0.05, 0) is 50.8 Å². The first-order chi connectivity index (χ1) is 13.1. The van der Waals surface area contributed by atoms with Crippen molar-refractivity contribution in [2.75, 3.05) is 19.8 Å². The Kier molecular flexibility index (Phi) is 8.28. The Balaban J connectivity index is 2.10. The van der Waals surface area contributed by atoms with Crippen LogP contribution in [0.4, 0.5) is 0 Å². The molecular formula is C24H32N2O. The predicted molar refractivity (Wildman–Crippen MR) is 114 cm³/mol. The number of ketones is 1. The van der Waals surface area contributed by atoms with Gasteiger partial charge in [-0.15, -0.1) is 0 Å². The van der Waals surface area contributed by atoms with Crippen LogP contribution in [0.2, 0.25) is 0 Å². The third kappa shape index (κ3) is 6.37. The molecule has 1 unspecified atom stereocenters. The van der Waals surface area contributed by atoms with Crippen LogP contribution in [0.25, 0.3) is 0 Å². The van der Waals surface area contributed by atoms with Crippen LogP contribution in [0, 0.1) is 0 Å². The Morgan fingerprint density at radius 3 is 2.63 bits per heavy atom. The summed E-state index contributed by atoms with van der Waals surface area (Å²) >= 11 is 0. The van der Waals surface area contributed by atoms with Gasteiger partial charge in [0.1, 0.15) is 0 Å². The van der Waals surface area contributed by atoms with Crippen molar-refractivity contribution in [3.8, 4) is 0 Å². The minimum absolute atomic E-state index is 0.00246. The molecule has 1 aromatic rings. The van der Waals surface area contributed by atoms with Crippen molar-refractivity contribution in [3.63, 3.8) is 0 Å². The van der Waals surface area contributed by atoms with E-state index in [1.807, 2.05) is 13.1 Å². The molecule has 0 saturated carbocycles. The molecule has 0 N–H and O–H groups in total. The van der Waals surface area contributed by atoms with E-state index in [1.165, 1.54) is 17.2 Å². The summed E-state index contributed by atoms with van der Waals surface area (Å²) in [6, 6.07) is 11.1. The average molecular weight is 365 g/mol. The Hall–Kier alpha value is -2.39. The zero-order valence-corrected chi connectivity index (χ0v) is 16.9. The third-order valence-electron chi connectivity index (χ3n) is 5.02. The van der Waals surface area contributed by atoms with E-state index in [1.54, 1.807) is 0 Å². The molecule has 1 saturated heterocycles. The van der Waals surface area contributed by atoms with Crippen LogP contribution in [0.5, 0.6) is 0 Å². The van der Waals surface area contributed by atoms with Gasteiger partial charge in [-0.25, -0.2) is 0 Å². The van der Waals surface area contributed by atoms with Gasteiger partial charge >= 0.3 is 0 Å². The summed E-state index contributed by atoms with van der Waals surface area (Å²) in [7, 11) is 0. The SMILES string of the molecule is C=CC(=O)/C(C)=C\N1CC(CCc2ccccc2)N(CC(/C=C\C)=C/C)C1. The Morgan fingerprint density at radius 1 is 1.26 bits per heavy atom. The van der Waals surface area contributed by atoms with Gasteiger partial charge in [-0.1, -0.05) is 55.1 Å². The van der Waals surface area contributed by atoms with Crippen LogP contribution in [-0.2, 0) is 11.2 Å². The van der Waals surface area contributed by atoms with Crippen molar-refractivity contribution >= 4 is 5.78 Å². The van der Waals surface area contributed by atoms with E-state index in [9.17, 15) is 4.79 Å². The van der Waals surface area contributed by atoms with Gasteiger partial charge in [0.2, 0.25) is 0 Å². The number of hydrogen-bond donors (Lipinski definition) is 0. The molecule has 1 atom stereocenters. The first-order valence-corrected chi connectivity index (χ1v) is 9.72. The number of aryl methyl sites for hydroxylation is 1. The molecular weight excluding hydrogens is 332 g/mol. The summed E-state index contributed by atoms with van der Waals surface area (Å²) < 4.78 is 0. The lowest BCUT2D eigenvalue weighted by molar-refractivity contribution is -0.111. The smallest absolute Gasteiger partial charge is 0.182 e. The standard InChI is InChI=1S/C24H32N2O/c1-5-11-21(6-2)17-26-19-25(16-20(4)24(27)7-3)18-23(26)15-14-22-12-9-8-10-13-22/h5-13,16,23H,3,14-15,17-19H2,1-2,4H3/b11-5-,20-16-,21-6+. The van der Waals surface area contributed by atoms with E-state index in [0.717, 1.165) is 38.2 Å². The summed E-state index contributed by atoms with van der Waals surface area (Å²) in [5.41, 5.74) is 3.45. The van der Waals surface area contributed by atoms with Crippen molar-refractivity contribution < 1.29 is 4.79 Å². The molecule has 0 spiro atoms. The summed E-state index contributed by atoms with van der Waals surface area (Å²) in [4.78, 5) is 16.6. The normalized spacial score (nSPS) is 19.1. The Morgan fingerprint density at radius 2 is 2.00 bits per heavy atom. The van der Waals surface area contributed by atoms with Crippen LogP contribution in [-0.4, -0.2) is 41.4 Å². The first kappa shape index (κ1) is 20.9. The van der Waals surface area contributed by atoms with Gasteiger partial charge in [-0.2, -0.15) is 0 Å². The molecule has 3 nitrogen and oxygen atoms in total. The van der Waals surface area contributed by atoms with Gasteiger partial charge in [0, 0.05) is 30.9 Å². The molecule has 144 valence electrons. The highest BCUT2D eigenvalue weighted by molar-refractivity contribution is 6.02. The Labute approximate surface area is 164 Å². The topological polar surface area (TPSA) is 23.6 Å². The number of carbonyl (C=O) groups excluding carboxylic acids is 1. The molecule has 1 aromatic carbocycles. The monoisotopic (exact) mass is 364 g/mol. The van der Waals surface area contributed by atoms with Crippen LogP contribution in [0.1, 0.15) is 32.8 Å². The van der Waals surface area contributed by atoms with E-state index >= 15 is 0 Å². The highest BCUT2D eigenvalue weighted by Gasteiger charge is 2.29. The number of benzene rings is 1. The van der Waals surface area contributed by atoms with Crippen LogP contribution in [0.3, 0.4) is 0 Å². The van der Waals surface area contributed by atoms with E-state index in [-0.39, 0.29) is 5.78 Å². The summed E-state index contributed by atoms with van der Waals surface area (Å²) in [5, 5.41) is 0. The minimum atomic E-state index is -0.00246. The maximum absolute atomic E-state index is 11.8. The summed E-state index contributed by atoms with van der Waals surface area (Å²) in [5.74, 6) is -0.00246. The molecule has 0 aromatic heterocycles. The molecule has 1 aliphatic rings. The summed E-state index contributed by atoms with van der Waals surface area (Å²) in [6.07, 6.45) is 12.0. The fraction of sp³-hybridized carbons (Fsp3) is 0.375. The second-order valence-electron chi connectivity index (χ2n) is 7.08. The lowest BCUT2D eigenvalue weighted by atomic mass is 10.0. The average Bonchev–Trinajstić information content (AvgIpc) is 3.07. The van der Waals surface area contributed by atoms with Crippen molar-refractivity contribution in [1.29, 1.82) is 0 Å². The number of carbonyl (C=O) groups is 1. The largest absolute Gasteiger partial charge is 0.363 e. The fourth-order valence-corrected chi connectivity index (χ4v) is 3.50. The zero-order chi connectivity index (χ0) is 19.6. The maximum Gasteiger partial charge on any atom is 0.182 e. The molecule has 2 rings (SSSR count). The number of allylic oxidation sites excluding steroid dienone is 4. The second-order valence-corrected chi connectivity index (χ2v) is 7.08. The molecule has 0 radical (unpaired) electrons. The van der Waals surface area contributed by atoms with Gasteiger partial charge < -0.3 is 4.90 Å². The highest BCUT2D eigenvalue weighted by atomic mass is 16.1. The Bertz CT molecular complexity index is 715. The van der Waals surface area contributed by atoms with Crippen molar-refractivity contribution in [1.82, 2.24) is 9.80 Å². The maximum atomic E-state index is 11.8. The molecule has 0 amide bonds. The van der Waals surface area contributed by atoms with Crippen molar-refractivity contribution in [2.45, 2.75) is 39.7 Å². The number of nitrogens with zero attached hydrogens (tertiary/aromatic N) is 2. The quantitative estimate of drug-likeness (QED) is 0.467. The molecule has 0 aliphatic carbocycles. The van der Waals surface area contributed by atoms with Gasteiger partial charge in [0.15, 0.2) is 5.78 Å². The third-order valence-corrected chi connectivity index (χ3v) is 5.02. The van der Waals surface area contributed by atoms with Crippen LogP contribution < -0.4 is 0 Å².